The first-order chi connectivity index (χ1) is 8.84. The van der Waals surface area contributed by atoms with Crippen molar-refractivity contribution < 1.29 is 4.79 Å². The molecule has 0 saturated carbocycles. The summed E-state index contributed by atoms with van der Waals surface area (Å²) in [5, 5.41) is 3.04. The molecule has 0 bridgehead atoms. The average Bonchev–Trinajstić information content (AvgIpc) is 2.83. The average molecular weight is 238 g/mol. The second-order valence-electron chi connectivity index (χ2n) is 4.52. The van der Waals surface area contributed by atoms with Crippen molar-refractivity contribution in [1.29, 1.82) is 0 Å². The van der Waals surface area contributed by atoms with E-state index in [0.717, 1.165) is 11.3 Å². The number of benzene rings is 1. The molecule has 1 fully saturated rings. The molecule has 1 N–H and O–H groups in total. The van der Waals surface area contributed by atoms with Gasteiger partial charge in [0.05, 0.1) is 6.04 Å². The Morgan fingerprint density at radius 2 is 1.83 bits per heavy atom. The Kier molecular flexibility index (Phi) is 2.81. The number of hydrogen-bond acceptors (Lipinski definition) is 2. The monoisotopic (exact) mass is 238 g/mol. The van der Waals surface area contributed by atoms with Gasteiger partial charge in [-0.05, 0) is 17.7 Å². The summed E-state index contributed by atoms with van der Waals surface area (Å²) in [6.45, 7) is 0. The molecule has 2 atom stereocenters. The molecule has 0 spiro atoms. The number of amides is 1. The van der Waals surface area contributed by atoms with Gasteiger partial charge in [-0.1, -0.05) is 36.4 Å². The summed E-state index contributed by atoms with van der Waals surface area (Å²) < 4.78 is 0. The van der Waals surface area contributed by atoms with E-state index in [2.05, 4.69) is 10.3 Å². The zero-order chi connectivity index (χ0) is 12.4. The smallest absolute Gasteiger partial charge is 0.221 e. The SMILES string of the molecule is O=C1CC(c2ccccn2)C(c2ccccc2)N1. The van der Waals surface area contributed by atoms with Gasteiger partial charge in [0.1, 0.15) is 0 Å². The first kappa shape index (κ1) is 11.0. The van der Waals surface area contributed by atoms with E-state index >= 15 is 0 Å². The van der Waals surface area contributed by atoms with Gasteiger partial charge in [-0.25, -0.2) is 0 Å². The Bertz CT molecular complexity index is 489. The predicted molar refractivity (Wildman–Crippen MR) is 68.9 cm³/mol. The van der Waals surface area contributed by atoms with Crippen molar-refractivity contribution in [2.45, 2.75) is 18.4 Å². The lowest BCUT2D eigenvalue weighted by Gasteiger charge is -2.18. The van der Waals surface area contributed by atoms with Crippen molar-refractivity contribution in [3.63, 3.8) is 0 Å². The minimum atomic E-state index is 0.0357. The van der Waals surface area contributed by atoms with E-state index in [1.807, 2.05) is 48.5 Å². The lowest BCUT2D eigenvalue weighted by Crippen LogP contribution is -2.20. The molecule has 1 aromatic heterocycles. The van der Waals surface area contributed by atoms with E-state index in [0.29, 0.717) is 6.42 Å². The molecule has 1 saturated heterocycles. The van der Waals surface area contributed by atoms with Crippen LogP contribution in [0.2, 0.25) is 0 Å². The van der Waals surface area contributed by atoms with Gasteiger partial charge < -0.3 is 5.32 Å². The molecule has 3 heteroatoms. The molecule has 1 aliphatic rings. The summed E-state index contributed by atoms with van der Waals surface area (Å²) in [6.07, 6.45) is 2.29. The normalized spacial score (nSPS) is 22.8. The van der Waals surface area contributed by atoms with Gasteiger partial charge in [-0.2, -0.15) is 0 Å². The number of pyridine rings is 1. The lowest BCUT2D eigenvalue weighted by atomic mass is 9.91. The van der Waals surface area contributed by atoms with Crippen LogP contribution in [-0.4, -0.2) is 10.9 Å². The summed E-state index contributed by atoms with van der Waals surface area (Å²) >= 11 is 0. The molecule has 18 heavy (non-hydrogen) atoms. The van der Waals surface area contributed by atoms with E-state index in [-0.39, 0.29) is 17.9 Å². The van der Waals surface area contributed by atoms with Gasteiger partial charge in [0, 0.05) is 24.2 Å². The molecule has 3 rings (SSSR count). The molecular formula is C15H14N2O. The lowest BCUT2D eigenvalue weighted by molar-refractivity contribution is -0.119. The largest absolute Gasteiger partial charge is 0.349 e. The second-order valence-corrected chi connectivity index (χ2v) is 4.52. The van der Waals surface area contributed by atoms with E-state index < -0.39 is 0 Å². The molecule has 1 aromatic carbocycles. The van der Waals surface area contributed by atoms with E-state index in [4.69, 9.17) is 0 Å². The summed E-state index contributed by atoms with van der Waals surface area (Å²) in [5.41, 5.74) is 2.11. The van der Waals surface area contributed by atoms with E-state index in [1.54, 1.807) is 6.20 Å². The Morgan fingerprint density at radius 1 is 1.06 bits per heavy atom. The zero-order valence-electron chi connectivity index (χ0n) is 9.91. The Balaban J connectivity index is 1.96. The highest BCUT2D eigenvalue weighted by Gasteiger charge is 2.35. The van der Waals surface area contributed by atoms with Crippen molar-refractivity contribution in [2.75, 3.05) is 0 Å². The van der Waals surface area contributed by atoms with E-state index in [1.165, 1.54) is 0 Å². The van der Waals surface area contributed by atoms with Crippen LogP contribution >= 0.6 is 0 Å². The van der Waals surface area contributed by atoms with Crippen molar-refractivity contribution >= 4 is 5.91 Å². The topological polar surface area (TPSA) is 42.0 Å². The molecule has 2 heterocycles. The third-order valence-electron chi connectivity index (χ3n) is 3.35. The first-order valence-corrected chi connectivity index (χ1v) is 6.10. The van der Waals surface area contributed by atoms with Gasteiger partial charge >= 0.3 is 0 Å². The molecule has 2 unspecified atom stereocenters. The maximum absolute atomic E-state index is 11.7. The number of aromatic nitrogens is 1. The summed E-state index contributed by atoms with van der Waals surface area (Å²) in [7, 11) is 0. The third kappa shape index (κ3) is 1.99. The molecule has 0 radical (unpaired) electrons. The first-order valence-electron chi connectivity index (χ1n) is 6.10. The quantitative estimate of drug-likeness (QED) is 0.873. The summed E-state index contributed by atoms with van der Waals surface area (Å²) in [6, 6.07) is 16.0. The van der Waals surface area contributed by atoms with Crippen LogP contribution in [-0.2, 0) is 4.79 Å². The Hall–Kier alpha value is -2.16. The maximum atomic E-state index is 11.7. The molecule has 90 valence electrons. The summed E-state index contributed by atoms with van der Waals surface area (Å²) in [5.74, 6) is 0.223. The molecule has 1 amide bonds. The van der Waals surface area contributed by atoms with Crippen molar-refractivity contribution in [3.05, 3.63) is 66.0 Å². The molecular weight excluding hydrogens is 224 g/mol. The number of hydrogen-bond donors (Lipinski definition) is 1. The van der Waals surface area contributed by atoms with Crippen LogP contribution in [0.5, 0.6) is 0 Å². The van der Waals surface area contributed by atoms with Crippen LogP contribution in [0.15, 0.2) is 54.7 Å². The Morgan fingerprint density at radius 3 is 2.56 bits per heavy atom. The fourth-order valence-corrected chi connectivity index (χ4v) is 2.50. The van der Waals surface area contributed by atoms with Crippen LogP contribution in [0.4, 0.5) is 0 Å². The van der Waals surface area contributed by atoms with E-state index in [9.17, 15) is 4.79 Å². The second kappa shape index (κ2) is 4.61. The van der Waals surface area contributed by atoms with Gasteiger partial charge in [0.2, 0.25) is 5.91 Å². The molecule has 0 aliphatic carbocycles. The fourth-order valence-electron chi connectivity index (χ4n) is 2.50. The minimum Gasteiger partial charge on any atom is -0.349 e. The van der Waals surface area contributed by atoms with Gasteiger partial charge in [-0.15, -0.1) is 0 Å². The van der Waals surface area contributed by atoms with Gasteiger partial charge in [-0.3, -0.25) is 9.78 Å². The van der Waals surface area contributed by atoms with Crippen molar-refractivity contribution in [3.8, 4) is 0 Å². The minimum absolute atomic E-state index is 0.0357. The van der Waals surface area contributed by atoms with Crippen LogP contribution < -0.4 is 5.32 Å². The highest BCUT2D eigenvalue weighted by atomic mass is 16.2. The van der Waals surface area contributed by atoms with Crippen LogP contribution in [0.1, 0.15) is 29.6 Å². The van der Waals surface area contributed by atoms with Gasteiger partial charge in [0.25, 0.3) is 0 Å². The fraction of sp³-hybridized carbons (Fsp3) is 0.200. The Labute approximate surface area is 106 Å². The number of nitrogens with zero attached hydrogens (tertiary/aromatic N) is 1. The number of nitrogens with one attached hydrogen (secondary N) is 1. The van der Waals surface area contributed by atoms with Gasteiger partial charge in [0.15, 0.2) is 0 Å². The third-order valence-corrected chi connectivity index (χ3v) is 3.35. The summed E-state index contributed by atoms with van der Waals surface area (Å²) in [4.78, 5) is 16.1. The molecule has 3 nitrogen and oxygen atoms in total. The number of rotatable bonds is 2. The zero-order valence-corrected chi connectivity index (χ0v) is 9.91. The molecule has 1 aliphatic heterocycles. The highest BCUT2D eigenvalue weighted by molar-refractivity contribution is 5.80. The molecule has 2 aromatic rings. The van der Waals surface area contributed by atoms with Crippen molar-refractivity contribution in [1.82, 2.24) is 10.3 Å². The predicted octanol–water partition coefficient (Wildman–Crippen LogP) is 2.43. The van der Waals surface area contributed by atoms with Crippen LogP contribution in [0, 0.1) is 0 Å². The standard InChI is InChI=1S/C15H14N2O/c18-14-10-12(13-8-4-5-9-16-13)15(17-14)11-6-2-1-3-7-11/h1-9,12,15H,10H2,(H,17,18). The highest BCUT2D eigenvalue weighted by Crippen LogP contribution is 2.36. The maximum Gasteiger partial charge on any atom is 0.221 e. The van der Waals surface area contributed by atoms with Crippen molar-refractivity contribution in [2.24, 2.45) is 0 Å². The van der Waals surface area contributed by atoms with Crippen LogP contribution in [0.25, 0.3) is 0 Å². The number of carbonyl (C=O) groups excluding carboxylic acids is 1. The number of carbonyl (C=O) groups is 1. The van der Waals surface area contributed by atoms with Crippen LogP contribution in [0.3, 0.4) is 0 Å².